The van der Waals surface area contributed by atoms with Gasteiger partial charge in [-0.15, -0.1) is 0 Å². The third-order valence-electron chi connectivity index (χ3n) is 3.65. The smallest absolute Gasteiger partial charge is 0.329 e. The fourth-order valence-electron chi connectivity index (χ4n) is 2.62. The summed E-state index contributed by atoms with van der Waals surface area (Å²) in [7, 11) is 0. The molecule has 0 fully saturated rings. The molecule has 3 N–H and O–H groups in total. The number of carbonyl (C=O) groups is 2. The predicted molar refractivity (Wildman–Crippen MR) is 79.9 cm³/mol. The Bertz CT molecular complexity index is 612. The highest BCUT2D eigenvalue weighted by Gasteiger charge is 2.49. The lowest BCUT2D eigenvalue weighted by Crippen LogP contribution is -2.60. The number of fused-ring (bicyclic) bond motifs is 1. The lowest BCUT2D eigenvalue weighted by molar-refractivity contribution is -0.160. The van der Waals surface area contributed by atoms with Gasteiger partial charge < -0.3 is 20.3 Å². The van der Waals surface area contributed by atoms with Gasteiger partial charge in [-0.2, -0.15) is 0 Å². The second-order valence-corrected chi connectivity index (χ2v) is 5.20. The highest BCUT2D eigenvalue weighted by atomic mass is 16.5. The van der Waals surface area contributed by atoms with Crippen molar-refractivity contribution in [3.8, 4) is 0 Å². The molecular weight excluding hydrogens is 286 g/mol. The van der Waals surface area contributed by atoms with E-state index in [4.69, 9.17) is 20.3 Å². The van der Waals surface area contributed by atoms with Gasteiger partial charge in [-0.1, -0.05) is 30.8 Å². The van der Waals surface area contributed by atoms with Crippen LogP contribution in [0.3, 0.4) is 0 Å². The van der Waals surface area contributed by atoms with Gasteiger partial charge in [0.15, 0.2) is 5.54 Å². The second kappa shape index (κ2) is 6.29. The third kappa shape index (κ3) is 2.88. The fraction of sp³-hybridized carbons (Fsp3) is 0.375. The van der Waals surface area contributed by atoms with E-state index in [9.17, 15) is 9.59 Å². The van der Waals surface area contributed by atoms with Crippen molar-refractivity contribution >= 4 is 17.5 Å². The van der Waals surface area contributed by atoms with E-state index in [1.807, 2.05) is 24.3 Å². The van der Waals surface area contributed by atoms with E-state index in [1.165, 1.54) is 0 Å². The largest absolute Gasteiger partial charge is 0.481 e. The molecule has 0 amide bonds. The van der Waals surface area contributed by atoms with Crippen molar-refractivity contribution < 1.29 is 24.2 Å². The van der Waals surface area contributed by atoms with Crippen LogP contribution in [0.1, 0.15) is 24.5 Å². The van der Waals surface area contributed by atoms with E-state index in [0.717, 1.165) is 11.1 Å². The number of hydrogen-bond acceptors (Lipinski definition) is 5. The SMILES string of the molecule is C=C1c2ccccc2COC1C(N)(CC(=O)O)C(=O)OCC. The monoisotopic (exact) mass is 305 g/mol. The highest BCUT2D eigenvalue weighted by Crippen LogP contribution is 2.35. The van der Waals surface area contributed by atoms with Gasteiger partial charge in [0.05, 0.1) is 19.6 Å². The number of carboxylic acid groups (broad SMARTS) is 1. The number of benzene rings is 1. The minimum atomic E-state index is -1.81. The van der Waals surface area contributed by atoms with Crippen molar-refractivity contribution in [2.45, 2.75) is 31.6 Å². The summed E-state index contributed by atoms with van der Waals surface area (Å²) in [6, 6.07) is 7.44. The number of carboxylic acids is 1. The van der Waals surface area contributed by atoms with Crippen molar-refractivity contribution in [2.24, 2.45) is 5.73 Å². The topological polar surface area (TPSA) is 98.9 Å². The van der Waals surface area contributed by atoms with Crippen LogP contribution in [0.4, 0.5) is 0 Å². The number of ether oxygens (including phenoxy) is 2. The molecule has 1 aromatic rings. The molecule has 118 valence electrons. The van der Waals surface area contributed by atoms with Gasteiger partial charge in [-0.05, 0) is 23.6 Å². The van der Waals surface area contributed by atoms with Crippen LogP contribution in [0.25, 0.3) is 5.57 Å². The van der Waals surface area contributed by atoms with Crippen molar-refractivity contribution in [3.05, 3.63) is 42.0 Å². The van der Waals surface area contributed by atoms with Crippen LogP contribution < -0.4 is 5.73 Å². The Balaban J connectivity index is 2.39. The lowest BCUT2D eigenvalue weighted by Gasteiger charge is -2.38. The number of aliphatic carboxylic acids is 1. The standard InChI is InChI=1S/C16H19NO5/c1-3-21-15(20)16(17,8-13(18)19)14-10(2)12-7-5-4-6-11(12)9-22-14/h4-7,14H,2-3,8-9,17H2,1H3,(H,18,19). The van der Waals surface area contributed by atoms with Crippen LogP contribution in [0, 0.1) is 0 Å². The van der Waals surface area contributed by atoms with Crippen LogP contribution in [0.15, 0.2) is 30.8 Å². The highest BCUT2D eigenvalue weighted by molar-refractivity contribution is 5.91. The van der Waals surface area contributed by atoms with E-state index >= 15 is 0 Å². The third-order valence-corrected chi connectivity index (χ3v) is 3.65. The molecule has 1 aliphatic rings. The van der Waals surface area contributed by atoms with Crippen LogP contribution in [0.5, 0.6) is 0 Å². The van der Waals surface area contributed by atoms with Gasteiger partial charge in [-0.3, -0.25) is 4.79 Å². The van der Waals surface area contributed by atoms with Crippen molar-refractivity contribution in [3.63, 3.8) is 0 Å². The molecule has 6 heteroatoms. The zero-order valence-electron chi connectivity index (χ0n) is 12.4. The zero-order valence-corrected chi connectivity index (χ0v) is 12.4. The molecule has 1 heterocycles. The summed E-state index contributed by atoms with van der Waals surface area (Å²) in [4.78, 5) is 23.4. The predicted octanol–water partition coefficient (Wildman–Crippen LogP) is 1.33. The maximum atomic E-state index is 12.2. The molecule has 0 spiro atoms. The first-order valence-electron chi connectivity index (χ1n) is 6.96. The number of nitrogens with two attached hydrogens (primary N) is 1. The van der Waals surface area contributed by atoms with Gasteiger partial charge >= 0.3 is 11.9 Å². The van der Waals surface area contributed by atoms with Crippen molar-refractivity contribution in [1.82, 2.24) is 0 Å². The first-order chi connectivity index (χ1) is 10.4. The maximum Gasteiger partial charge on any atom is 0.329 e. The van der Waals surface area contributed by atoms with Gasteiger partial charge in [0.1, 0.15) is 6.10 Å². The number of esters is 1. The molecule has 0 radical (unpaired) electrons. The quantitative estimate of drug-likeness (QED) is 0.796. The lowest BCUT2D eigenvalue weighted by atomic mass is 9.80. The van der Waals surface area contributed by atoms with E-state index in [1.54, 1.807) is 6.92 Å². The molecular formula is C16H19NO5. The molecule has 0 saturated heterocycles. The number of carbonyl (C=O) groups excluding carboxylic acids is 1. The summed E-state index contributed by atoms with van der Waals surface area (Å²) in [6.07, 6.45) is -1.55. The van der Waals surface area contributed by atoms with Gasteiger partial charge in [-0.25, -0.2) is 4.79 Å². The first kappa shape index (κ1) is 16.2. The van der Waals surface area contributed by atoms with Crippen LogP contribution in [0.2, 0.25) is 0 Å². The van der Waals surface area contributed by atoms with Crippen molar-refractivity contribution in [2.75, 3.05) is 6.61 Å². The average Bonchev–Trinajstić information content (AvgIpc) is 2.47. The molecule has 0 saturated carbocycles. The number of rotatable bonds is 5. The number of hydrogen-bond donors (Lipinski definition) is 2. The van der Waals surface area contributed by atoms with E-state index in [2.05, 4.69) is 6.58 Å². The molecule has 1 aromatic carbocycles. The molecule has 1 aliphatic heterocycles. The molecule has 0 aliphatic carbocycles. The Labute approximate surface area is 128 Å². The summed E-state index contributed by atoms with van der Waals surface area (Å²) in [5.74, 6) is -2.01. The summed E-state index contributed by atoms with van der Waals surface area (Å²) in [6.45, 7) is 5.92. The van der Waals surface area contributed by atoms with Crippen molar-refractivity contribution in [1.29, 1.82) is 0 Å². The van der Waals surface area contributed by atoms with Crippen LogP contribution >= 0.6 is 0 Å². The molecule has 0 aromatic heterocycles. The normalized spacial score (nSPS) is 19.9. The summed E-state index contributed by atoms with van der Waals surface area (Å²) in [5.41, 5.74) is 6.53. The van der Waals surface area contributed by atoms with Crippen LogP contribution in [-0.4, -0.2) is 35.3 Å². The Morgan fingerprint density at radius 3 is 2.82 bits per heavy atom. The molecule has 6 nitrogen and oxygen atoms in total. The molecule has 22 heavy (non-hydrogen) atoms. The molecule has 0 bridgehead atoms. The summed E-state index contributed by atoms with van der Waals surface area (Å²) >= 11 is 0. The Kier molecular flexibility index (Phi) is 4.63. The van der Waals surface area contributed by atoms with E-state index < -0.39 is 30.0 Å². The van der Waals surface area contributed by atoms with E-state index in [0.29, 0.717) is 5.57 Å². The Hall–Kier alpha value is -2.18. The van der Waals surface area contributed by atoms with Gasteiger partial charge in [0.2, 0.25) is 0 Å². The summed E-state index contributed by atoms with van der Waals surface area (Å²) < 4.78 is 10.6. The zero-order chi connectivity index (χ0) is 16.3. The summed E-state index contributed by atoms with van der Waals surface area (Å²) in [5, 5.41) is 9.11. The minimum absolute atomic E-state index is 0.104. The van der Waals surface area contributed by atoms with E-state index in [-0.39, 0.29) is 13.2 Å². The molecule has 2 atom stereocenters. The second-order valence-electron chi connectivity index (χ2n) is 5.20. The fourth-order valence-corrected chi connectivity index (χ4v) is 2.62. The molecule has 2 unspecified atom stereocenters. The Morgan fingerprint density at radius 2 is 2.18 bits per heavy atom. The van der Waals surface area contributed by atoms with Crippen LogP contribution in [-0.2, 0) is 25.7 Å². The minimum Gasteiger partial charge on any atom is -0.481 e. The van der Waals surface area contributed by atoms with Gasteiger partial charge in [0.25, 0.3) is 0 Å². The average molecular weight is 305 g/mol. The first-order valence-corrected chi connectivity index (χ1v) is 6.96. The molecule has 2 rings (SSSR count). The Morgan fingerprint density at radius 1 is 1.50 bits per heavy atom. The van der Waals surface area contributed by atoms with Gasteiger partial charge in [0, 0.05) is 0 Å². The maximum absolute atomic E-state index is 12.2.